The normalized spacial score (nSPS) is 12.2. The Hall–Kier alpha value is -1.31. The minimum Gasteiger partial charge on any atom is -0.329 e. The first-order valence-corrected chi connectivity index (χ1v) is 12.4. The molecule has 1 aromatic carbocycles. The van der Waals surface area contributed by atoms with Gasteiger partial charge in [0.2, 0.25) is 0 Å². The maximum atomic E-state index is 12.7. The summed E-state index contributed by atoms with van der Waals surface area (Å²) in [5.41, 5.74) is 6.27. The van der Waals surface area contributed by atoms with Crippen molar-refractivity contribution in [3.63, 3.8) is 0 Å². The molecule has 178 valence electrons. The number of rotatable bonds is 22. The monoisotopic (exact) mass is 433 g/mol. The Labute approximate surface area is 190 Å². The van der Waals surface area contributed by atoms with Crippen molar-refractivity contribution in [1.82, 2.24) is 21.3 Å². The van der Waals surface area contributed by atoms with Gasteiger partial charge in [0.1, 0.15) is 0 Å². The zero-order chi connectivity index (χ0) is 22.4. The van der Waals surface area contributed by atoms with Crippen LogP contribution in [0.4, 0.5) is 0 Å². The molecule has 0 heterocycles. The molecule has 0 amide bonds. The fraction of sp³-hybridized carbons (Fsp3) is 0.720. The van der Waals surface area contributed by atoms with E-state index in [1.54, 1.807) is 0 Å². The average molecular weight is 434 g/mol. The molecule has 1 rings (SSSR count). The van der Waals surface area contributed by atoms with Crippen molar-refractivity contribution >= 4 is 5.78 Å². The van der Waals surface area contributed by atoms with Gasteiger partial charge in [0.05, 0.1) is 0 Å². The first-order chi connectivity index (χ1) is 15.3. The van der Waals surface area contributed by atoms with E-state index in [2.05, 4.69) is 28.2 Å². The minimum atomic E-state index is 0.240. The first-order valence-electron chi connectivity index (χ1n) is 12.4. The molecule has 0 saturated heterocycles. The van der Waals surface area contributed by atoms with E-state index in [1.165, 1.54) is 38.5 Å². The van der Waals surface area contributed by atoms with Crippen molar-refractivity contribution in [1.29, 1.82) is 0 Å². The molecule has 1 atom stereocenters. The maximum absolute atomic E-state index is 12.7. The lowest BCUT2D eigenvalue weighted by Crippen LogP contribution is -2.39. The quantitative estimate of drug-likeness (QED) is 0.143. The number of nitrogens with one attached hydrogen (secondary N) is 4. The summed E-state index contributed by atoms with van der Waals surface area (Å²) in [7, 11) is 0. The Morgan fingerprint density at radius 2 is 1.39 bits per heavy atom. The van der Waals surface area contributed by atoms with Crippen LogP contribution in [0.3, 0.4) is 0 Å². The number of unbranched alkanes of at least 4 members (excludes halogenated alkanes) is 5. The third kappa shape index (κ3) is 16.0. The molecule has 0 radical (unpaired) electrons. The lowest BCUT2D eigenvalue weighted by Gasteiger charge is -2.19. The Morgan fingerprint density at radius 3 is 2.03 bits per heavy atom. The van der Waals surface area contributed by atoms with Gasteiger partial charge in [0.25, 0.3) is 0 Å². The Morgan fingerprint density at radius 1 is 0.806 bits per heavy atom. The summed E-state index contributed by atoms with van der Waals surface area (Å²) in [5.74, 6) is 0.240. The van der Waals surface area contributed by atoms with Crippen LogP contribution in [-0.4, -0.2) is 64.2 Å². The minimum absolute atomic E-state index is 0.240. The summed E-state index contributed by atoms with van der Waals surface area (Å²) in [4.78, 5) is 12.7. The maximum Gasteiger partial charge on any atom is 0.164 e. The van der Waals surface area contributed by atoms with Crippen molar-refractivity contribution < 1.29 is 4.79 Å². The highest BCUT2D eigenvalue weighted by molar-refractivity contribution is 5.96. The topological polar surface area (TPSA) is 91.2 Å². The van der Waals surface area contributed by atoms with Crippen molar-refractivity contribution in [2.45, 2.75) is 64.3 Å². The van der Waals surface area contributed by atoms with Crippen molar-refractivity contribution in [2.24, 2.45) is 5.73 Å². The SMILES string of the molecule is CCCCCCCCC(CC(=O)c1ccccc1)NCCNCCNCCNCCN. The first kappa shape index (κ1) is 27.7. The van der Waals surface area contributed by atoms with E-state index < -0.39 is 0 Å². The average Bonchev–Trinajstić information content (AvgIpc) is 2.80. The van der Waals surface area contributed by atoms with Gasteiger partial charge in [-0.2, -0.15) is 0 Å². The summed E-state index contributed by atoms with van der Waals surface area (Å²) in [5, 5.41) is 13.8. The number of carbonyl (C=O) groups excluding carboxylic acids is 1. The number of nitrogens with two attached hydrogens (primary N) is 1. The van der Waals surface area contributed by atoms with E-state index in [0.717, 1.165) is 57.8 Å². The summed E-state index contributed by atoms with van der Waals surface area (Å²) in [6, 6.07) is 9.94. The fourth-order valence-corrected chi connectivity index (χ4v) is 3.61. The molecule has 0 aliphatic carbocycles. The lowest BCUT2D eigenvalue weighted by molar-refractivity contribution is 0.0966. The van der Waals surface area contributed by atoms with Crippen molar-refractivity contribution in [3.05, 3.63) is 35.9 Å². The van der Waals surface area contributed by atoms with Crippen LogP contribution in [0.5, 0.6) is 0 Å². The van der Waals surface area contributed by atoms with Gasteiger partial charge in [0.15, 0.2) is 5.78 Å². The Kier molecular flexibility index (Phi) is 18.4. The number of Topliss-reactive ketones (excluding diaryl/α,β-unsaturated/α-hetero) is 1. The van der Waals surface area contributed by atoms with Crippen LogP contribution in [0.15, 0.2) is 30.3 Å². The van der Waals surface area contributed by atoms with Crippen LogP contribution in [0, 0.1) is 0 Å². The van der Waals surface area contributed by atoms with Gasteiger partial charge in [-0.05, 0) is 6.42 Å². The van der Waals surface area contributed by atoms with Gasteiger partial charge in [-0.1, -0.05) is 75.8 Å². The van der Waals surface area contributed by atoms with Crippen LogP contribution in [0.1, 0.15) is 68.6 Å². The molecule has 0 bridgehead atoms. The van der Waals surface area contributed by atoms with E-state index in [9.17, 15) is 4.79 Å². The molecule has 0 saturated carbocycles. The zero-order valence-electron chi connectivity index (χ0n) is 19.8. The van der Waals surface area contributed by atoms with Gasteiger partial charge in [-0.3, -0.25) is 4.79 Å². The Balaban J connectivity index is 2.21. The fourth-order valence-electron chi connectivity index (χ4n) is 3.61. The summed E-state index contributed by atoms with van der Waals surface area (Å²) in [6.45, 7) is 9.43. The van der Waals surface area contributed by atoms with Gasteiger partial charge < -0.3 is 27.0 Å². The molecule has 0 aliphatic heterocycles. The van der Waals surface area contributed by atoms with E-state index in [0.29, 0.717) is 13.0 Å². The van der Waals surface area contributed by atoms with Crippen molar-refractivity contribution in [3.8, 4) is 0 Å². The number of hydrogen-bond donors (Lipinski definition) is 5. The largest absolute Gasteiger partial charge is 0.329 e. The van der Waals surface area contributed by atoms with Gasteiger partial charge in [0, 0.05) is 70.4 Å². The number of carbonyl (C=O) groups is 1. The van der Waals surface area contributed by atoms with E-state index in [4.69, 9.17) is 5.73 Å². The third-order valence-electron chi connectivity index (χ3n) is 5.45. The molecule has 31 heavy (non-hydrogen) atoms. The van der Waals surface area contributed by atoms with Gasteiger partial charge >= 0.3 is 0 Å². The molecule has 0 aliphatic rings. The molecule has 6 N–H and O–H groups in total. The van der Waals surface area contributed by atoms with Crippen LogP contribution < -0.4 is 27.0 Å². The number of hydrogen-bond acceptors (Lipinski definition) is 6. The molecule has 1 aromatic rings. The smallest absolute Gasteiger partial charge is 0.164 e. The van der Waals surface area contributed by atoms with Gasteiger partial charge in [-0.15, -0.1) is 0 Å². The predicted octanol–water partition coefficient (Wildman–Crippen LogP) is 2.70. The van der Waals surface area contributed by atoms with E-state index in [1.807, 2.05) is 30.3 Å². The summed E-state index contributed by atoms with van der Waals surface area (Å²) < 4.78 is 0. The van der Waals surface area contributed by atoms with Crippen molar-refractivity contribution in [2.75, 3.05) is 52.4 Å². The predicted molar refractivity (Wildman–Crippen MR) is 133 cm³/mol. The standard InChI is InChI=1S/C25H47N5O/c1-2-3-4-5-6-10-13-24(22-25(31)23-11-8-7-9-12-23)30-21-20-29-19-18-28-17-16-27-15-14-26/h7-9,11-12,24,27-30H,2-6,10,13-22,26H2,1H3. The highest BCUT2D eigenvalue weighted by atomic mass is 16.1. The number of ketones is 1. The molecule has 0 fully saturated rings. The second-order valence-electron chi connectivity index (χ2n) is 8.24. The van der Waals surface area contributed by atoms with Crippen LogP contribution in [0.2, 0.25) is 0 Å². The molecular formula is C25H47N5O. The number of benzene rings is 1. The van der Waals surface area contributed by atoms with E-state index >= 15 is 0 Å². The Bertz CT molecular complexity index is 526. The van der Waals surface area contributed by atoms with Crippen LogP contribution in [-0.2, 0) is 0 Å². The second-order valence-corrected chi connectivity index (χ2v) is 8.24. The molecule has 0 aromatic heterocycles. The molecule has 6 heteroatoms. The molecule has 1 unspecified atom stereocenters. The molecule has 6 nitrogen and oxygen atoms in total. The highest BCUT2D eigenvalue weighted by Gasteiger charge is 2.14. The van der Waals surface area contributed by atoms with E-state index in [-0.39, 0.29) is 11.8 Å². The summed E-state index contributed by atoms with van der Waals surface area (Å²) in [6.07, 6.45) is 9.36. The second kappa shape index (κ2) is 20.6. The lowest BCUT2D eigenvalue weighted by atomic mass is 9.98. The van der Waals surface area contributed by atoms with Crippen LogP contribution >= 0.6 is 0 Å². The third-order valence-corrected chi connectivity index (χ3v) is 5.45. The highest BCUT2D eigenvalue weighted by Crippen LogP contribution is 2.13. The van der Waals surface area contributed by atoms with Crippen LogP contribution in [0.25, 0.3) is 0 Å². The molecular weight excluding hydrogens is 386 g/mol. The summed E-state index contributed by atoms with van der Waals surface area (Å²) >= 11 is 0. The molecule has 0 spiro atoms. The van der Waals surface area contributed by atoms with Gasteiger partial charge in [-0.25, -0.2) is 0 Å². The zero-order valence-corrected chi connectivity index (χ0v) is 19.8.